The van der Waals surface area contributed by atoms with E-state index in [9.17, 15) is 4.79 Å². The smallest absolute Gasteiger partial charge is 0.228 e. The Bertz CT molecular complexity index is 748. The number of carbonyl (C=O) groups is 1. The van der Waals surface area contributed by atoms with Gasteiger partial charge in [0, 0.05) is 45.1 Å². The van der Waals surface area contributed by atoms with Crippen LogP contribution in [0, 0.1) is 5.92 Å². The largest absolute Gasteiger partial charge is 0.374 e. The average Bonchev–Trinajstić information content (AvgIpc) is 3.36. The molecule has 6 nitrogen and oxygen atoms in total. The molecule has 3 aliphatic rings. The van der Waals surface area contributed by atoms with Crippen LogP contribution < -0.4 is 0 Å². The number of hydrogen-bond donors (Lipinski definition) is 0. The van der Waals surface area contributed by atoms with E-state index in [1.165, 1.54) is 0 Å². The van der Waals surface area contributed by atoms with Gasteiger partial charge in [-0.2, -0.15) is 0 Å². The first-order chi connectivity index (χ1) is 12.3. The van der Waals surface area contributed by atoms with Crippen molar-refractivity contribution in [1.29, 1.82) is 0 Å². The molecule has 2 bridgehead atoms. The molecule has 0 spiro atoms. The van der Waals surface area contributed by atoms with Crippen LogP contribution in [-0.2, 0) is 16.1 Å². The fourth-order valence-electron chi connectivity index (χ4n) is 4.55. The van der Waals surface area contributed by atoms with Gasteiger partial charge in [-0.1, -0.05) is 6.07 Å². The lowest BCUT2D eigenvalue weighted by Gasteiger charge is -2.36. The van der Waals surface area contributed by atoms with E-state index in [0.717, 1.165) is 63.3 Å². The van der Waals surface area contributed by atoms with Crippen molar-refractivity contribution in [2.75, 3.05) is 26.2 Å². The Balaban J connectivity index is 1.18. The Morgan fingerprint density at radius 2 is 2.08 bits per heavy atom. The molecule has 132 valence electrons. The van der Waals surface area contributed by atoms with Gasteiger partial charge in [0.05, 0.1) is 23.8 Å². The summed E-state index contributed by atoms with van der Waals surface area (Å²) >= 11 is 0. The summed E-state index contributed by atoms with van der Waals surface area (Å²) in [5.41, 5.74) is 2.08. The molecule has 3 atom stereocenters. The van der Waals surface area contributed by atoms with Gasteiger partial charge in [0.1, 0.15) is 5.65 Å². The third-order valence-electron chi connectivity index (χ3n) is 5.91. The lowest BCUT2D eigenvalue weighted by atomic mass is 9.88. The van der Waals surface area contributed by atoms with Crippen LogP contribution in [0.25, 0.3) is 5.65 Å². The summed E-state index contributed by atoms with van der Waals surface area (Å²) in [5, 5.41) is 0. The second kappa shape index (κ2) is 6.11. The summed E-state index contributed by atoms with van der Waals surface area (Å²) < 4.78 is 7.92. The minimum absolute atomic E-state index is 0.115. The number of amides is 1. The second-order valence-corrected chi connectivity index (χ2v) is 7.52. The zero-order chi connectivity index (χ0) is 16.8. The summed E-state index contributed by atoms with van der Waals surface area (Å²) in [5.74, 6) is 0.434. The third kappa shape index (κ3) is 2.83. The lowest BCUT2D eigenvalue weighted by molar-refractivity contribution is -0.139. The van der Waals surface area contributed by atoms with Crippen LogP contribution in [0.15, 0.2) is 30.6 Å². The maximum absolute atomic E-state index is 12.8. The molecule has 5 rings (SSSR count). The highest BCUT2D eigenvalue weighted by atomic mass is 16.5. The first kappa shape index (κ1) is 15.3. The van der Waals surface area contributed by atoms with Gasteiger partial charge >= 0.3 is 0 Å². The predicted molar refractivity (Wildman–Crippen MR) is 93.1 cm³/mol. The number of aromatic nitrogens is 2. The van der Waals surface area contributed by atoms with Crippen LogP contribution >= 0.6 is 0 Å². The molecular weight excluding hydrogens is 316 g/mol. The van der Waals surface area contributed by atoms with Gasteiger partial charge in [0.2, 0.25) is 5.91 Å². The molecule has 0 aromatic carbocycles. The topological polar surface area (TPSA) is 50.1 Å². The molecular formula is C19H24N4O2. The van der Waals surface area contributed by atoms with Crippen LogP contribution in [0.3, 0.4) is 0 Å². The molecule has 2 aromatic rings. The van der Waals surface area contributed by atoms with Crippen molar-refractivity contribution in [3.05, 3.63) is 36.3 Å². The Morgan fingerprint density at radius 3 is 2.80 bits per heavy atom. The fraction of sp³-hybridized carbons (Fsp3) is 0.579. The van der Waals surface area contributed by atoms with E-state index in [4.69, 9.17) is 4.74 Å². The SMILES string of the molecule is O=C([C@@H]1C[C@H]2CC[C@H]1O2)N1CCN(Cc2cn3ccccc3n2)CC1. The number of piperazine rings is 1. The van der Waals surface area contributed by atoms with E-state index < -0.39 is 0 Å². The van der Waals surface area contributed by atoms with Gasteiger partial charge in [-0.15, -0.1) is 0 Å². The number of nitrogens with zero attached hydrogens (tertiary/aromatic N) is 4. The molecule has 0 saturated carbocycles. The summed E-state index contributed by atoms with van der Waals surface area (Å²) in [6.07, 6.45) is 7.80. The highest BCUT2D eigenvalue weighted by Crippen LogP contribution is 2.39. The molecule has 25 heavy (non-hydrogen) atoms. The molecule has 0 radical (unpaired) electrons. The quantitative estimate of drug-likeness (QED) is 0.851. The molecule has 3 saturated heterocycles. The maximum Gasteiger partial charge on any atom is 0.228 e. The van der Waals surface area contributed by atoms with E-state index in [1.807, 2.05) is 24.4 Å². The zero-order valence-electron chi connectivity index (χ0n) is 14.4. The van der Waals surface area contributed by atoms with Crippen LogP contribution in [0.2, 0.25) is 0 Å². The molecule has 0 unspecified atom stereocenters. The summed E-state index contributed by atoms with van der Waals surface area (Å²) in [4.78, 5) is 21.9. The number of hydrogen-bond acceptors (Lipinski definition) is 4. The summed E-state index contributed by atoms with van der Waals surface area (Å²) in [6.45, 7) is 4.32. The van der Waals surface area contributed by atoms with Gasteiger partial charge in [-0.05, 0) is 31.4 Å². The van der Waals surface area contributed by atoms with Crippen molar-refractivity contribution < 1.29 is 9.53 Å². The Hall–Kier alpha value is -1.92. The normalized spacial score (nSPS) is 29.6. The number of pyridine rings is 1. The van der Waals surface area contributed by atoms with Gasteiger partial charge in [0.15, 0.2) is 0 Å². The van der Waals surface area contributed by atoms with Crippen LogP contribution in [-0.4, -0.2) is 63.5 Å². The minimum atomic E-state index is 0.115. The van der Waals surface area contributed by atoms with Gasteiger partial charge in [-0.25, -0.2) is 4.98 Å². The van der Waals surface area contributed by atoms with E-state index in [2.05, 4.69) is 25.4 Å². The third-order valence-corrected chi connectivity index (χ3v) is 5.91. The number of rotatable bonds is 3. The number of fused-ring (bicyclic) bond motifs is 3. The van der Waals surface area contributed by atoms with E-state index in [0.29, 0.717) is 12.0 Å². The Kier molecular flexibility index (Phi) is 3.75. The van der Waals surface area contributed by atoms with Crippen LogP contribution in [0.5, 0.6) is 0 Å². The molecule has 6 heteroatoms. The predicted octanol–water partition coefficient (Wildman–Crippen LogP) is 1.55. The lowest BCUT2D eigenvalue weighted by Crippen LogP contribution is -2.51. The van der Waals surface area contributed by atoms with Crippen LogP contribution in [0.1, 0.15) is 25.0 Å². The molecule has 0 aliphatic carbocycles. The average molecular weight is 340 g/mol. The van der Waals surface area contributed by atoms with Gasteiger partial charge in [0.25, 0.3) is 0 Å². The minimum Gasteiger partial charge on any atom is -0.374 e. The van der Waals surface area contributed by atoms with Gasteiger partial charge < -0.3 is 14.0 Å². The highest BCUT2D eigenvalue weighted by molar-refractivity contribution is 5.80. The van der Waals surface area contributed by atoms with Crippen LogP contribution in [0.4, 0.5) is 0 Å². The van der Waals surface area contributed by atoms with E-state index in [-0.39, 0.29) is 12.0 Å². The second-order valence-electron chi connectivity index (χ2n) is 7.52. The van der Waals surface area contributed by atoms with Crippen molar-refractivity contribution in [2.24, 2.45) is 5.92 Å². The Morgan fingerprint density at radius 1 is 1.20 bits per heavy atom. The Labute approximate surface area is 147 Å². The van der Waals surface area contributed by atoms with Crippen molar-refractivity contribution in [1.82, 2.24) is 19.2 Å². The molecule has 5 heterocycles. The molecule has 0 N–H and O–H groups in total. The van der Waals surface area contributed by atoms with Crippen molar-refractivity contribution in [3.63, 3.8) is 0 Å². The first-order valence-electron chi connectivity index (χ1n) is 9.35. The maximum atomic E-state index is 12.8. The zero-order valence-corrected chi connectivity index (χ0v) is 14.4. The summed E-state index contributed by atoms with van der Waals surface area (Å²) in [6, 6.07) is 6.05. The van der Waals surface area contributed by atoms with Crippen molar-refractivity contribution >= 4 is 11.6 Å². The van der Waals surface area contributed by atoms with Crippen molar-refractivity contribution in [2.45, 2.75) is 38.0 Å². The first-order valence-corrected chi connectivity index (χ1v) is 9.35. The molecule has 3 aliphatic heterocycles. The standard InChI is InChI=1S/C19H24N4O2/c24-19(16-11-15-4-5-17(16)25-15)22-9-7-21(8-10-22)12-14-13-23-6-2-1-3-18(23)20-14/h1-3,6,13,15-17H,4-5,7-12H2/t15-,16-,17-/m1/s1. The molecule has 2 aromatic heterocycles. The molecule has 1 amide bonds. The van der Waals surface area contributed by atoms with E-state index in [1.54, 1.807) is 0 Å². The van der Waals surface area contributed by atoms with Gasteiger partial charge in [-0.3, -0.25) is 9.69 Å². The summed E-state index contributed by atoms with van der Waals surface area (Å²) in [7, 11) is 0. The highest BCUT2D eigenvalue weighted by Gasteiger charge is 2.45. The van der Waals surface area contributed by atoms with Crippen molar-refractivity contribution in [3.8, 4) is 0 Å². The number of ether oxygens (including phenoxy) is 1. The molecule has 3 fully saturated rings. The fourth-order valence-corrected chi connectivity index (χ4v) is 4.55. The van der Waals surface area contributed by atoms with E-state index >= 15 is 0 Å². The number of imidazole rings is 1. The monoisotopic (exact) mass is 340 g/mol. The number of carbonyl (C=O) groups excluding carboxylic acids is 1.